The molecule has 5 heteroatoms. The molecule has 0 unspecified atom stereocenters. The molecular formula is C73H86BN3O. The Labute approximate surface area is 469 Å². The van der Waals surface area contributed by atoms with E-state index in [0.717, 1.165) is 51.5 Å². The Kier molecular flexibility index (Phi) is 12.2. The van der Waals surface area contributed by atoms with Crippen LogP contribution in [0.3, 0.4) is 0 Å². The van der Waals surface area contributed by atoms with Crippen LogP contribution in [0.15, 0.2) is 138 Å². The smallest absolute Gasteiger partial charge is 0.297 e. The summed E-state index contributed by atoms with van der Waals surface area (Å²) in [5, 5.41) is 1.15. The average Bonchev–Trinajstić information content (AvgIpc) is 3.87. The summed E-state index contributed by atoms with van der Waals surface area (Å²) in [7, 11) is 0. The van der Waals surface area contributed by atoms with Gasteiger partial charge < -0.3 is 19.1 Å². The molecule has 78 heavy (non-hydrogen) atoms. The first-order valence-corrected chi connectivity index (χ1v) is 29.0. The van der Waals surface area contributed by atoms with Gasteiger partial charge in [-0.15, -0.1) is 0 Å². The third-order valence-corrected chi connectivity index (χ3v) is 17.9. The van der Waals surface area contributed by atoms with Crippen LogP contribution >= 0.6 is 0 Å². The zero-order valence-electron chi connectivity index (χ0n) is 50.9. The van der Waals surface area contributed by atoms with Crippen molar-refractivity contribution in [2.24, 2.45) is 0 Å². The first-order valence-electron chi connectivity index (χ1n) is 29.0. The van der Waals surface area contributed by atoms with Crippen LogP contribution in [0.1, 0.15) is 189 Å². The molecule has 11 rings (SSSR count). The number of benzene rings is 7. The van der Waals surface area contributed by atoms with Crippen LogP contribution in [-0.2, 0) is 37.9 Å². The highest BCUT2D eigenvalue weighted by atomic mass is 16.3. The third kappa shape index (κ3) is 9.09. The molecule has 0 radical (unpaired) electrons. The van der Waals surface area contributed by atoms with Crippen molar-refractivity contribution in [2.75, 3.05) is 14.7 Å². The van der Waals surface area contributed by atoms with Crippen LogP contribution in [0.4, 0.5) is 51.2 Å². The molecule has 0 spiro atoms. The maximum Gasteiger partial charge on any atom is 0.297 e. The van der Waals surface area contributed by atoms with Gasteiger partial charge in [0.1, 0.15) is 5.58 Å². The summed E-state index contributed by atoms with van der Waals surface area (Å²) in [4.78, 5) is 7.68. The van der Waals surface area contributed by atoms with Gasteiger partial charge in [0.25, 0.3) is 6.71 Å². The molecule has 7 aromatic carbocycles. The van der Waals surface area contributed by atoms with Gasteiger partial charge in [0.15, 0.2) is 0 Å². The standard InChI is InChI=1S/C73H86BN3O/c1-45-37-61-64-62(38-45)77(53-30-32-57-58(43-53)73(19,20)36-35-72(57,17)18)65-56-42-48(69(8,9)10)25-34-63(56)78-66(65)74(64)59-33-31-54(44-60(59)76(61)55-40-49(70(11,12)13)39-50(41-55)71(14,15)16)75(51-26-21-46(22-27-51)67(2,3)4)52-28-23-47(24-29-52)68(5,6)7/h21-34,37-44H,35-36H2,1-20H3. The van der Waals surface area contributed by atoms with Gasteiger partial charge in [0, 0.05) is 50.9 Å². The molecule has 0 fully saturated rings. The van der Waals surface area contributed by atoms with Crippen molar-refractivity contribution >= 4 is 85.5 Å². The van der Waals surface area contributed by atoms with Crippen molar-refractivity contribution in [3.63, 3.8) is 0 Å². The van der Waals surface area contributed by atoms with E-state index in [1.807, 2.05) is 0 Å². The Balaban J connectivity index is 1.24. The van der Waals surface area contributed by atoms with E-state index in [4.69, 9.17) is 4.42 Å². The van der Waals surface area contributed by atoms with Crippen LogP contribution in [0.25, 0.3) is 11.0 Å². The van der Waals surface area contributed by atoms with E-state index < -0.39 is 0 Å². The summed E-state index contributed by atoms with van der Waals surface area (Å²) >= 11 is 0. The van der Waals surface area contributed by atoms with E-state index in [-0.39, 0.29) is 44.6 Å². The van der Waals surface area contributed by atoms with Crippen LogP contribution in [0.5, 0.6) is 0 Å². The molecule has 4 nitrogen and oxygen atoms in total. The Bertz CT molecular complexity index is 3580. The van der Waals surface area contributed by atoms with Crippen LogP contribution in [-0.4, -0.2) is 6.71 Å². The normalized spacial score (nSPS) is 16.0. The average molecular weight is 1030 g/mol. The summed E-state index contributed by atoms with van der Waals surface area (Å²) in [6.07, 6.45) is 2.32. The predicted octanol–water partition coefficient (Wildman–Crippen LogP) is 19.1. The number of anilines is 9. The minimum absolute atomic E-state index is 0.0225. The summed E-state index contributed by atoms with van der Waals surface area (Å²) < 4.78 is 7.52. The predicted molar refractivity (Wildman–Crippen MR) is 338 cm³/mol. The van der Waals surface area contributed by atoms with Crippen LogP contribution in [0, 0.1) is 6.92 Å². The molecule has 0 saturated heterocycles. The zero-order chi connectivity index (χ0) is 56.2. The Morgan fingerprint density at radius 2 is 0.923 bits per heavy atom. The summed E-state index contributed by atoms with van der Waals surface area (Å²) in [5.41, 5.74) is 25.4. The zero-order valence-corrected chi connectivity index (χ0v) is 50.9. The number of fused-ring (bicyclic) bond motifs is 7. The van der Waals surface area contributed by atoms with Crippen LogP contribution in [0.2, 0.25) is 0 Å². The number of rotatable bonds is 5. The molecule has 3 aliphatic rings. The number of aryl methyl sites for hydroxylation is 1. The second kappa shape index (κ2) is 17.8. The molecular weight excluding hydrogens is 946 g/mol. The molecule has 0 bridgehead atoms. The van der Waals surface area contributed by atoms with Crippen molar-refractivity contribution in [1.82, 2.24) is 0 Å². The number of furan rings is 1. The van der Waals surface area contributed by atoms with Gasteiger partial charge in [-0.05, 0) is 198 Å². The van der Waals surface area contributed by atoms with Gasteiger partial charge in [-0.3, -0.25) is 0 Å². The lowest BCUT2D eigenvalue weighted by Crippen LogP contribution is -2.61. The highest BCUT2D eigenvalue weighted by Gasteiger charge is 2.48. The highest BCUT2D eigenvalue weighted by molar-refractivity contribution is 7.00. The lowest BCUT2D eigenvalue weighted by molar-refractivity contribution is 0.332. The molecule has 0 atom stereocenters. The lowest BCUT2D eigenvalue weighted by atomic mass is 9.35. The van der Waals surface area contributed by atoms with Gasteiger partial charge in [-0.2, -0.15) is 0 Å². The molecule has 0 saturated carbocycles. The molecule has 0 N–H and O–H groups in total. The molecule has 1 aliphatic carbocycles. The molecule has 0 amide bonds. The fourth-order valence-corrected chi connectivity index (χ4v) is 12.7. The molecule has 3 heterocycles. The maximum atomic E-state index is 7.52. The fraction of sp³-hybridized carbons (Fsp3) is 0.397. The van der Waals surface area contributed by atoms with Crippen molar-refractivity contribution in [2.45, 2.75) is 189 Å². The topological polar surface area (TPSA) is 22.9 Å². The fourth-order valence-electron chi connectivity index (χ4n) is 12.7. The quantitative estimate of drug-likeness (QED) is 0.160. The first-order chi connectivity index (χ1) is 36.2. The van der Waals surface area contributed by atoms with Gasteiger partial charge in [-0.25, -0.2) is 0 Å². The Morgan fingerprint density at radius 1 is 0.436 bits per heavy atom. The van der Waals surface area contributed by atoms with Gasteiger partial charge in [0.2, 0.25) is 0 Å². The second-order valence-corrected chi connectivity index (χ2v) is 30.0. The van der Waals surface area contributed by atoms with Crippen molar-refractivity contribution in [3.05, 3.63) is 178 Å². The largest absolute Gasteiger partial charge is 0.468 e. The van der Waals surface area contributed by atoms with Crippen molar-refractivity contribution in [3.8, 4) is 0 Å². The molecule has 8 aromatic rings. The monoisotopic (exact) mass is 1030 g/mol. The van der Waals surface area contributed by atoms with Gasteiger partial charge in [-0.1, -0.05) is 180 Å². The van der Waals surface area contributed by atoms with Crippen molar-refractivity contribution in [1.29, 1.82) is 0 Å². The lowest BCUT2D eigenvalue weighted by Gasteiger charge is -2.45. The Hall–Kier alpha value is -6.46. The minimum Gasteiger partial charge on any atom is -0.468 e. The second-order valence-electron chi connectivity index (χ2n) is 30.0. The highest BCUT2D eigenvalue weighted by Crippen LogP contribution is 2.53. The van der Waals surface area contributed by atoms with E-state index in [9.17, 15) is 0 Å². The van der Waals surface area contributed by atoms with Gasteiger partial charge >= 0.3 is 0 Å². The molecule has 1 aromatic heterocycles. The van der Waals surface area contributed by atoms with Crippen molar-refractivity contribution < 1.29 is 4.42 Å². The van der Waals surface area contributed by atoms with E-state index in [1.165, 1.54) is 84.6 Å². The maximum absolute atomic E-state index is 7.52. The van der Waals surface area contributed by atoms with Gasteiger partial charge in [0.05, 0.1) is 11.3 Å². The minimum atomic E-state index is -0.195. The Morgan fingerprint density at radius 3 is 1.45 bits per heavy atom. The number of hydrogen-bond donors (Lipinski definition) is 0. The number of hydrogen-bond acceptors (Lipinski definition) is 4. The SMILES string of the molecule is Cc1cc2c3c(c1)N(c1ccc4c(c1)C(C)(C)CCC4(C)C)c1c(oc4ccc(C(C)(C)C)cc14)B3c1ccc(N(c3ccc(C(C)(C)C)cc3)c3ccc(C(C)(C)C)cc3)cc1N2c1cc(C(C)(C)C)cc(C(C)(C)C)c1. The summed E-state index contributed by atoms with van der Waals surface area (Å²) in [6.45, 7) is 46.7. The van der Waals surface area contributed by atoms with E-state index in [1.54, 1.807) is 0 Å². The summed E-state index contributed by atoms with van der Waals surface area (Å²) in [6, 6.07) is 52.5. The van der Waals surface area contributed by atoms with Crippen LogP contribution < -0.4 is 31.3 Å². The molecule has 2 aliphatic heterocycles. The van der Waals surface area contributed by atoms with E-state index in [2.05, 4.69) is 287 Å². The number of nitrogens with zero attached hydrogens (tertiary/aromatic N) is 3. The third-order valence-electron chi connectivity index (χ3n) is 17.9. The van der Waals surface area contributed by atoms with E-state index in [0.29, 0.717) is 0 Å². The summed E-state index contributed by atoms with van der Waals surface area (Å²) in [5.74, 6) is 0. The van der Waals surface area contributed by atoms with E-state index >= 15 is 0 Å². The first kappa shape index (κ1) is 53.5. The molecule has 402 valence electrons.